The Bertz CT molecular complexity index is 1800. The van der Waals surface area contributed by atoms with E-state index in [0.29, 0.717) is 27.0 Å². The summed E-state index contributed by atoms with van der Waals surface area (Å²) >= 11 is 15.2. The number of carbonyl (C=O) groups is 3. The van der Waals surface area contributed by atoms with Gasteiger partial charge in [0.1, 0.15) is 10.9 Å². The Labute approximate surface area is 272 Å². The molecule has 11 heteroatoms. The highest BCUT2D eigenvalue weighted by atomic mass is 35.5. The van der Waals surface area contributed by atoms with Crippen molar-refractivity contribution in [2.45, 2.75) is 10.1 Å². The summed E-state index contributed by atoms with van der Waals surface area (Å²) in [6.45, 7) is 0. The van der Waals surface area contributed by atoms with E-state index in [9.17, 15) is 14.4 Å². The summed E-state index contributed by atoms with van der Waals surface area (Å²) in [7, 11) is 0. The van der Waals surface area contributed by atoms with Crippen LogP contribution in [-0.2, 0) is 9.59 Å². The minimum atomic E-state index is -0.586. The van der Waals surface area contributed by atoms with Crippen molar-refractivity contribution in [1.29, 1.82) is 0 Å². The number of anilines is 2. The lowest BCUT2D eigenvalue weighted by molar-refractivity contribution is -0.116. The molecule has 1 aromatic heterocycles. The van der Waals surface area contributed by atoms with E-state index in [1.54, 1.807) is 78.3 Å². The summed E-state index contributed by atoms with van der Waals surface area (Å²) in [4.78, 5) is 44.8. The van der Waals surface area contributed by atoms with Gasteiger partial charge in [-0.1, -0.05) is 89.9 Å². The summed E-state index contributed by atoms with van der Waals surface area (Å²) in [6, 6.07) is 30.1. The largest absolute Gasteiger partial charge is 0.321 e. The van der Waals surface area contributed by atoms with Gasteiger partial charge >= 0.3 is 0 Å². The molecule has 0 fully saturated rings. The SMILES string of the molecule is O=C(Nc1cccc(SC(C(=O)Nc2nccs2)c2ccccc2)c1)/C(=C\c1cccc(Cl)c1Cl)NC(=O)c1ccccc1. The Kier molecular flexibility index (Phi) is 10.5. The maximum Gasteiger partial charge on any atom is 0.272 e. The van der Waals surface area contributed by atoms with Gasteiger partial charge in [0, 0.05) is 27.7 Å². The van der Waals surface area contributed by atoms with Crippen molar-refractivity contribution in [1.82, 2.24) is 10.3 Å². The highest BCUT2D eigenvalue weighted by Crippen LogP contribution is 2.37. The first kappa shape index (κ1) is 31.0. The molecule has 5 rings (SSSR count). The fourth-order valence-electron chi connectivity index (χ4n) is 4.07. The van der Waals surface area contributed by atoms with Crippen LogP contribution in [-0.4, -0.2) is 22.7 Å². The lowest BCUT2D eigenvalue weighted by atomic mass is 10.1. The smallest absolute Gasteiger partial charge is 0.272 e. The number of hydrogen-bond donors (Lipinski definition) is 3. The minimum absolute atomic E-state index is 0.0361. The van der Waals surface area contributed by atoms with Crippen LogP contribution in [0.1, 0.15) is 26.7 Å². The van der Waals surface area contributed by atoms with Crippen LogP contribution in [0.5, 0.6) is 0 Å². The monoisotopic (exact) mass is 658 g/mol. The molecule has 1 heterocycles. The van der Waals surface area contributed by atoms with Crippen molar-refractivity contribution in [2.75, 3.05) is 10.6 Å². The Morgan fingerprint density at radius 1 is 0.841 bits per heavy atom. The molecule has 5 aromatic rings. The molecule has 0 saturated carbocycles. The van der Waals surface area contributed by atoms with Crippen LogP contribution in [0.2, 0.25) is 10.0 Å². The summed E-state index contributed by atoms with van der Waals surface area (Å²) in [5.41, 5.74) is 2.08. The average Bonchev–Trinajstić information content (AvgIpc) is 3.55. The van der Waals surface area contributed by atoms with Gasteiger partial charge in [0.25, 0.3) is 11.8 Å². The van der Waals surface area contributed by atoms with Gasteiger partial charge in [-0.15, -0.1) is 23.1 Å². The van der Waals surface area contributed by atoms with Gasteiger partial charge in [-0.05, 0) is 53.6 Å². The van der Waals surface area contributed by atoms with Crippen LogP contribution >= 0.6 is 46.3 Å². The molecule has 220 valence electrons. The summed E-state index contributed by atoms with van der Waals surface area (Å²) in [5.74, 6) is -1.27. The minimum Gasteiger partial charge on any atom is -0.321 e. The van der Waals surface area contributed by atoms with Crippen molar-refractivity contribution < 1.29 is 14.4 Å². The maximum atomic E-state index is 13.6. The zero-order valence-electron chi connectivity index (χ0n) is 22.9. The van der Waals surface area contributed by atoms with Crippen molar-refractivity contribution in [3.8, 4) is 0 Å². The molecule has 0 radical (unpaired) electrons. The lowest BCUT2D eigenvalue weighted by Crippen LogP contribution is -2.30. The zero-order chi connectivity index (χ0) is 30.9. The van der Waals surface area contributed by atoms with Gasteiger partial charge in [-0.25, -0.2) is 4.98 Å². The molecule has 0 spiro atoms. The Morgan fingerprint density at radius 3 is 2.30 bits per heavy atom. The molecule has 0 bridgehead atoms. The number of aromatic nitrogens is 1. The average molecular weight is 660 g/mol. The number of benzene rings is 4. The number of halogens is 2. The van der Waals surface area contributed by atoms with Crippen molar-refractivity contribution in [3.63, 3.8) is 0 Å². The molecule has 3 amide bonds. The van der Waals surface area contributed by atoms with E-state index in [1.165, 1.54) is 29.2 Å². The van der Waals surface area contributed by atoms with Crippen LogP contribution < -0.4 is 16.0 Å². The van der Waals surface area contributed by atoms with Gasteiger partial charge in [0.05, 0.1) is 10.0 Å². The number of amides is 3. The van der Waals surface area contributed by atoms with E-state index in [4.69, 9.17) is 23.2 Å². The second-order valence-corrected chi connectivity index (χ2v) is 12.1. The van der Waals surface area contributed by atoms with E-state index in [2.05, 4.69) is 20.9 Å². The molecule has 0 saturated heterocycles. The third-order valence-corrected chi connectivity index (χ3v) is 8.93. The van der Waals surface area contributed by atoms with E-state index < -0.39 is 17.1 Å². The first-order valence-corrected chi connectivity index (χ1v) is 15.7. The predicted octanol–water partition coefficient (Wildman–Crippen LogP) is 8.33. The molecule has 1 unspecified atom stereocenters. The summed E-state index contributed by atoms with van der Waals surface area (Å²) < 4.78 is 0. The van der Waals surface area contributed by atoms with Crippen molar-refractivity contribution >= 4 is 80.9 Å². The van der Waals surface area contributed by atoms with Crippen molar-refractivity contribution in [3.05, 3.63) is 147 Å². The number of hydrogen-bond acceptors (Lipinski definition) is 6. The Balaban J connectivity index is 1.39. The Hall–Kier alpha value is -4.41. The predicted molar refractivity (Wildman–Crippen MR) is 179 cm³/mol. The number of rotatable bonds is 10. The highest BCUT2D eigenvalue weighted by molar-refractivity contribution is 8.00. The number of thioether (sulfide) groups is 1. The molecule has 7 nitrogen and oxygen atoms in total. The molecular formula is C33H24Cl2N4O3S2. The van der Waals surface area contributed by atoms with E-state index in [0.717, 1.165) is 10.5 Å². The summed E-state index contributed by atoms with van der Waals surface area (Å²) in [5, 5.41) is 10.7. The molecule has 44 heavy (non-hydrogen) atoms. The molecule has 0 aliphatic rings. The Morgan fingerprint density at radius 2 is 1.57 bits per heavy atom. The number of nitrogens with one attached hydrogen (secondary N) is 3. The number of nitrogens with zero attached hydrogens (tertiary/aromatic N) is 1. The number of thiazole rings is 1. The molecular weight excluding hydrogens is 635 g/mol. The van der Waals surface area contributed by atoms with E-state index in [1.807, 2.05) is 36.4 Å². The first-order chi connectivity index (χ1) is 21.4. The second kappa shape index (κ2) is 14.9. The topological polar surface area (TPSA) is 100 Å². The third kappa shape index (κ3) is 8.15. The fraction of sp³-hybridized carbons (Fsp3) is 0.0303. The number of carbonyl (C=O) groups excluding carboxylic acids is 3. The normalized spacial score (nSPS) is 11.8. The molecule has 0 aliphatic carbocycles. The van der Waals surface area contributed by atoms with Crippen LogP contribution in [0.15, 0.2) is 125 Å². The van der Waals surface area contributed by atoms with Gasteiger partial charge < -0.3 is 16.0 Å². The molecule has 0 aliphatic heterocycles. The lowest BCUT2D eigenvalue weighted by Gasteiger charge is -2.17. The van der Waals surface area contributed by atoms with Gasteiger partial charge in [-0.3, -0.25) is 14.4 Å². The summed E-state index contributed by atoms with van der Waals surface area (Å²) in [6.07, 6.45) is 3.10. The maximum absolute atomic E-state index is 13.6. The molecule has 1 atom stereocenters. The van der Waals surface area contributed by atoms with Crippen LogP contribution in [0.25, 0.3) is 6.08 Å². The van der Waals surface area contributed by atoms with Crippen LogP contribution in [0, 0.1) is 0 Å². The van der Waals surface area contributed by atoms with Crippen LogP contribution in [0.3, 0.4) is 0 Å². The molecule has 4 aromatic carbocycles. The van der Waals surface area contributed by atoms with Gasteiger partial charge in [0.2, 0.25) is 5.91 Å². The van der Waals surface area contributed by atoms with E-state index >= 15 is 0 Å². The van der Waals surface area contributed by atoms with Gasteiger partial charge in [-0.2, -0.15) is 0 Å². The molecule has 3 N–H and O–H groups in total. The quantitative estimate of drug-likeness (QED) is 0.103. The highest BCUT2D eigenvalue weighted by Gasteiger charge is 2.23. The standard InChI is InChI=1S/C33H24Cl2N4O3S2/c34-26-16-7-13-23(28(26)35)19-27(38-30(40)22-11-5-2-6-12-22)31(41)37-24-14-8-15-25(20-24)44-29(21-9-3-1-4-10-21)32(42)39-33-36-17-18-43-33/h1-20,29H,(H,37,41)(H,38,40)(H,36,39,42)/b27-19+. The van der Waals surface area contributed by atoms with Crippen molar-refractivity contribution in [2.24, 2.45) is 0 Å². The zero-order valence-corrected chi connectivity index (χ0v) is 26.0. The van der Waals surface area contributed by atoms with Crippen LogP contribution in [0.4, 0.5) is 10.8 Å². The van der Waals surface area contributed by atoms with Gasteiger partial charge in [0.15, 0.2) is 5.13 Å². The first-order valence-electron chi connectivity index (χ1n) is 13.2. The fourth-order valence-corrected chi connectivity index (χ4v) is 6.05. The third-order valence-electron chi connectivity index (χ3n) is 6.16. The van der Waals surface area contributed by atoms with E-state index in [-0.39, 0.29) is 16.6 Å². The second-order valence-electron chi connectivity index (χ2n) is 9.24.